The number of piperidine rings is 1. The Morgan fingerprint density at radius 1 is 0.972 bits per heavy atom. The first-order chi connectivity index (χ1) is 17.1. The number of carbonyl (C=O) groups is 1. The summed E-state index contributed by atoms with van der Waals surface area (Å²) in [6.07, 6.45) is 5.49. The first-order valence-corrected chi connectivity index (χ1v) is 13.1. The van der Waals surface area contributed by atoms with Crippen molar-refractivity contribution in [2.45, 2.75) is 77.6 Å². The van der Waals surface area contributed by atoms with Crippen LogP contribution in [0.3, 0.4) is 0 Å². The normalized spacial score (nSPS) is 21.5. The highest BCUT2D eigenvalue weighted by Gasteiger charge is 2.52. The molecule has 0 N–H and O–H groups in total. The number of hydrogen-bond acceptors (Lipinski definition) is 6. The minimum atomic E-state index is -0.431. The third-order valence-corrected chi connectivity index (χ3v) is 8.60. The molecule has 3 aliphatic rings. The maximum atomic E-state index is 11.9. The molecule has 7 heteroatoms. The van der Waals surface area contributed by atoms with E-state index >= 15 is 0 Å². The fraction of sp³-hybridized carbons (Fsp3) is 0.552. The molecule has 2 aliphatic heterocycles. The van der Waals surface area contributed by atoms with E-state index in [1.807, 2.05) is 24.3 Å². The molecule has 2 aromatic carbocycles. The van der Waals surface area contributed by atoms with E-state index < -0.39 is 18.3 Å². The van der Waals surface area contributed by atoms with Gasteiger partial charge in [-0.1, -0.05) is 24.3 Å². The Morgan fingerprint density at radius 3 is 2.28 bits per heavy atom. The highest BCUT2D eigenvalue weighted by molar-refractivity contribution is 6.62. The van der Waals surface area contributed by atoms with E-state index in [-0.39, 0.29) is 12.4 Å². The molecular formula is C29H38BNO5. The summed E-state index contributed by atoms with van der Waals surface area (Å²) in [6.45, 7) is 10.9. The molecule has 0 amide bonds. The number of esters is 1. The van der Waals surface area contributed by atoms with E-state index in [1.54, 1.807) is 0 Å². The topological polar surface area (TPSA) is 57.2 Å². The Bertz CT molecular complexity index is 1100. The molecule has 5 rings (SSSR count). The quantitative estimate of drug-likeness (QED) is 0.415. The zero-order valence-electron chi connectivity index (χ0n) is 22.3. The van der Waals surface area contributed by atoms with Crippen LogP contribution < -0.4 is 15.1 Å². The molecular weight excluding hydrogens is 453 g/mol. The summed E-state index contributed by atoms with van der Waals surface area (Å²) >= 11 is 0. The predicted molar refractivity (Wildman–Crippen MR) is 142 cm³/mol. The van der Waals surface area contributed by atoms with Crippen molar-refractivity contribution in [2.24, 2.45) is 5.41 Å². The van der Waals surface area contributed by atoms with E-state index in [9.17, 15) is 4.79 Å². The van der Waals surface area contributed by atoms with Crippen LogP contribution in [0.2, 0.25) is 0 Å². The fourth-order valence-corrected chi connectivity index (χ4v) is 5.18. The number of methoxy groups -OCH3 is 1. The van der Waals surface area contributed by atoms with Gasteiger partial charge in [0.15, 0.2) is 0 Å². The van der Waals surface area contributed by atoms with Gasteiger partial charge in [0.25, 0.3) is 0 Å². The van der Waals surface area contributed by atoms with Gasteiger partial charge in [0.2, 0.25) is 0 Å². The molecule has 0 aromatic heterocycles. The van der Waals surface area contributed by atoms with Crippen molar-refractivity contribution in [2.75, 3.05) is 25.1 Å². The van der Waals surface area contributed by atoms with E-state index in [4.69, 9.17) is 18.8 Å². The Labute approximate surface area is 215 Å². The van der Waals surface area contributed by atoms with Crippen molar-refractivity contribution < 1.29 is 23.6 Å². The van der Waals surface area contributed by atoms with Crippen LogP contribution in [0.25, 0.3) is 0 Å². The van der Waals surface area contributed by atoms with E-state index in [1.165, 1.54) is 38.5 Å². The Morgan fingerprint density at radius 2 is 1.64 bits per heavy atom. The van der Waals surface area contributed by atoms with Gasteiger partial charge >= 0.3 is 13.1 Å². The number of hydrogen-bond donors (Lipinski definition) is 0. The van der Waals surface area contributed by atoms with Crippen molar-refractivity contribution in [3.63, 3.8) is 0 Å². The molecule has 1 spiro atoms. The number of anilines is 1. The maximum Gasteiger partial charge on any atom is 0.494 e. The Balaban J connectivity index is 1.40. The van der Waals surface area contributed by atoms with E-state index in [0.717, 1.165) is 29.7 Å². The lowest BCUT2D eigenvalue weighted by Crippen LogP contribution is -2.41. The number of para-hydroxylation sites is 1. The highest BCUT2D eigenvalue weighted by Crippen LogP contribution is 2.54. The van der Waals surface area contributed by atoms with Gasteiger partial charge in [0, 0.05) is 24.3 Å². The van der Waals surface area contributed by atoms with Crippen molar-refractivity contribution >= 4 is 24.2 Å². The van der Waals surface area contributed by atoms with E-state index in [0.29, 0.717) is 17.8 Å². The zero-order valence-corrected chi connectivity index (χ0v) is 22.3. The summed E-state index contributed by atoms with van der Waals surface area (Å²) in [7, 11) is 0.972. The monoisotopic (exact) mass is 491 g/mol. The van der Waals surface area contributed by atoms with Crippen LogP contribution in [-0.4, -0.2) is 44.5 Å². The lowest BCUT2D eigenvalue weighted by atomic mass is 9.78. The van der Waals surface area contributed by atoms with Crippen LogP contribution in [0.15, 0.2) is 42.5 Å². The molecule has 0 bridgehead atoms. The summed E-state index contributed by atoms with van der Waals surface area (Å²) < 4.78 is 23.9. The van der Waals surface area contributed by atoms with Crippen molar-refractivity contribution in [3.8, 4) is 5.75 Å². The Hall–Kier alpha value is -2.51. The first kappa shape index (κ1) is 25.2. The molecule has 2 saturated heterocycles. The second-order valence-corrected chi connectivity index (χ2v) is 11.7. The molecule has 36 heavy (non-hydrogen) atoms. The zero-order chi connectivity index (χ0) is 25.6. The van der Waals surface area contributed by atoms with Gasteiger partial charge in [-0.15, -0.1) is 0 Å². The smallest absolute Gasteiger partial charge is 0.489 e. The summed E-state index contributed by atoms with van der Waals surface area (Å²) in [5.41, 5.74) is 3.89. The lowest BCUT2D eigenvalue weighted by Gasteiger charge is -2.34. The third-order valence-electron chi connectivity index (χ3n) is 8.60. The minimum Gasteiger partial charge on any atom is -0.489 e. The van der Waals surface area contributed by atoms with Crippen LogP contribution in [0.4, 0.5) is 5.69 Å². The molecule has 2 heterocycles. The minimum absolute atomic E-state index is 0.182. The summed E-state index contributed by atoms with van der Waals surface area (Å²) in [5, 5.41) is 0. The third kappa shape index (κ3) is 5.14. The predicted octanol–water partition coefficient (Wildman–Crippen LogP) is 4.66. The van der Waals surface area contributed by atoms with Gasteiger partial charge in [0.05, 0.1) is 24.7 Å². The number of ether oxygens (including phenoxy) is 2. The summed E-state index contributed by atoms with van der Waals surface area (Å²) in [6, 6.07) is 14.2. The number of rotatable bonds is 7. The molecule has 2 aromatic rings. The van der Waals surface area contributed by atoms with Gasteiger partial charge in [-0.2, -0.15) is 0 Å². The molecule has 0 atom stereocenters. The highest BCUT2D eigenvalue weighted by atomic mass is 16.7. The van der Waals surface area contributed by atoms with Crippen molar-refractivity contribution in [1.29, 1.82) is 0 Å². The second kappa shape index (κ2) is 9.42. The van der Waals surface area contributed by atoms with Gasteiger partial charge in [-0.05, 0) is 88.0 Å². The fourth-order valence-electron chi connectivity index (χ4n) is 5.18. The number of carbonyl (C=O) groups excluding carboxylic acids is 1. The summed E-state index contributed by atoms with van der Waals surface area (Å²) in [5.74, 6) is 0.411. The van der Waals surface area contributed by atoms with Crippen LogP contribution >= 0.6 is 0 Å². The van der Waals surface area contributed by atoms with Crippen LogP contribution in [0.1, 0.15) is 64.5 Å². The summed E-state index contributed by atoms with van der Waals surface area (Å²) in [4.78, 5) is 14.4. The lowest BCUT2D eigenvalue weighted by molar-refractivity contribution is -0.139. The SMILES string of the molecule is COC(=O)Cc1ccccc1OCc1cc(B2OC(C)(C)C(C)(C)O2)cc(N2CCC3(CC2)CC3)c1. The first-order valence-electron chi connectivity index (χ1n) is 13.1. The number of benzene rings is 2. The molecule has 0 radical (unpaired) electrons. The average Bonchev–Trinajstić information content (AvgIpc) is 3.56. The Kier molecular flexibility index (Phi) is 6.58. The second-order valence-electron chi connectivity index (χ2n) is 11.7. The molecule has 3 fully saturated rings. The molecule has 1 aliphatic carbocycles. The van der Waals surface area contributed by atoms with E-state index in [2.05, 4.69) is 50.8 Å². The van der Waals surface area contributed by atoms with Gasteiger partial charge in [-0.3, -0.25) is 4.79 Å². The molecule has 1 saturated carbocycles. The van der Waals surface area contributed by atoms with Gasteiger partial charge < -0.3 is 23.7 Å². The van der Waals surface area contributed by atoms with Gasteiger partial charge in [0.1, 0.15) is 12.4 Å². The average molecular weight is 491 g/mol. The molecule has 0 unspecified atom stereocenters. The van der Waals surface area contributed by atoms with Crippen molar-refractivity contribution in [1.82, 2.24) is 0 Å². The maximum absolute atomic E-state index is 11.9. The molecule has 192 valence electrons. The number of nitrogens with zero attached hydrogens (tertiary/aromatic N) is 1. The van der Waals surface area contributed by atoms with Crippen molar-refractivity contribution in [3.05, 3.63) is 53.6 Å². The van der Waals surface area contributed by atoms with Crippen LogP contribution in [0, 0.1) is 5.41 Å². The van der Waals surface area contributed by atoms with Crippen LogP contribution in [0.5, 0.6) is 5.75 Å². The largest absolute Gasteiger partial charge is 0.494 e. The standard InChI is InChI=1S/C29H38BNO5/c1-27(2)28(3,4)36-30(35-27)23-16-21(17-24(19-23)31-14-12-29(10-11-29)13-15-31)20-34-25-9-7-6-8-22(25)18-26(32)33-5/h6-9,16-17,19H,10-15,18,20H2,1-5H3. The van der Waals surface area contributed by atoms with Crippen LogP contribution in [-0.2, 0) is 31.9 Å². The molecule has 6 nitrogen and oxygen atoms in total. The van der Waals surface area contributed by atoms with Gasteiger partial charge in [-0.25, -0.2) is 0 Å².